The van der Waals surface area contributed by atoms with Crippen LogP contribution in [0.3, 0.4) is 0 Å². The number of carbonyl (C=O) groups excluding carboxylic acids is 2. The van der Waals surface area contributed by atoms with Crippen LogP contribution in [0.1, 0.15) is 26.7 Å². The number of carbonyl (C=O) groups is 2. The molecule has 0 amide bonds. The van der Waals surface area contributed by atoms with E-state index in [2.05, 4.69) is 6.58 Å². The van der Waals surface area contributed by atoms with Crippen molar-refractivity contribution < 1.29 is 19.1 Å². The van der Waals surface area contributed by atoms with Gasteiger partial charge >= 0.3 is 11.9 Å². The highest BCUT2D eigenvalue weighted by Gasteiger charge is 2.40. The van der Waals surface area contributed by atoms with Gasteiger partial charge in [-0.1, -0.05) is 54.7 Å². The van der Waals surface area contributed by atoms with E-state index in [4.69, 9.17) is 44.3 Å². The fourth-order valence-electron chi connectivity index (χ4n) is 1.01. The minimum Gasteiger partial charge on any atom is -0.462 e. The van der Waals surface area contributed by atoms with Crippen molar-refractivity contribution in [2.45, 2.75) is 36.6 Å². The maximum Gasteiger partial charge on any atom is 0.337 e. The van der Waals surface area contributed by atoms with E-state index in [9.17, 15) is 9.59 Å². The van der Waals surface area contributed by atoms with Gasteiger partial charge in [0.1, 0.15) is 0 Å². The van der Waals surface area contributed by atoms with Crippen molar-refractivity contribution in [2.75, 3.05) is 6.61 Å². The summed E-state index contributed by atoms with van der Waals surface area (Å²) in [7, 11) is 0. The largest absolute Gasteiger partial charge is 0.462 e. The molecular formula is C11H15Cl3O4. The fraction of sp³-hybridized carbons (Fsp3) is 0.636. The van der Waals surface area contributed by atoms with E-state index in [-0.39, 0.29) is 12.2 Å². The SMILES string of the molecule is C=C(C(=O)OCCCC)C(OC(C)=O)C(Cl)(Cl)Cl. The van der Waals surface area contributed by atoms with Crippen LogP contribution in [0, 0.1) is 0 Å². The van der Waals surface area contributed by atoms with Crippen molar-refractivity contribution >= 4 is 46.7 Å². The minimum atomic E-state index is -1.98. The van der Waals surface area contributed by atoms with Crippen molar-refractivity contribution in [2.24, 2.45) is 0 Å². The summed E-state index contributed by atoms with van der Waals surface area (Å²) in [6.45, 7) is 6.77. The molecule has 0 N–H and O–H groups in total. The molecule has 0 spiro atoms. The molecule has 1 unspecified atom stereocenters. The van der Waals surface area contributed by atoms with Gasteiger partial charge in [0.25, 0.3) is 0 Å². The van der Waals surface area contributed by atoms with E-state index in [1.165, 1.54) is 0 Å². The molecule has 0 saturated carbocycles. The maximum absolute atomic E-state index is 11.6. The van der Waals surface area contributed by atoms with E-state index in [1.54, 1.807) is 0 Å². The summed E-state index contributed by atoms with van der Waals surface area (Å²) in [4.78, 5) is 22.5. The van der Waals surface area contributed by atoms with Crippen LogP contribution in [-0.4, -0.2) is 28.4 Å². The normalized spacial score (nSPS) is 12.7. The Morgan fingerprint density at radius 1 is 1.33 bits per heavy atom. The van der Waals surface area contributed by atoms with Gasteiger partial charge in [-0.15, -0.1) is 0 Å². The first-order valence-corrected chi connectivity index (χ1v) is 6.43. The van der Waals surface area contributed by atoms with Gasteiger partial charge in [-0.25, -0.2) is 4.79 Å². The van der Waals surface area contributed by atoms with Gasteiger partial charge in [-0.3, -0.25) is 4.79 Å². The predicted molar refractivity (Wildman–Crippen MR) is 70.9 cm³/mol. The molecule has 0 heterocycles. The van der Waals surface area contributed by atoms with Crippen LogP contribution < -0.4 is 0 Å². The Bertz CT molecular complexity index is 323. The predicted octanol–water partition coefficient (Wildman–Crippen LogP) is 3.19. The molecule has 1 atom stereocenters. The van der Waals surface area contributed by atoms with Crippen LogP contribution >= 0.6 is 34.8 Å². The van der Waals surface area contributed by atoms with Crippen LogP contribution in [0.5, 0.6) is 0 Å². The van der Waals surface area contributed by atoms with Gasteiger partial charge in [0.15, 0.2) is 6.10 Å². The third-order valence-electron chi connectivity index (χ3n) is 1.89. The van der Waals surface area contributed by atoms with E-state index in [1.807, 2.05) is 6.92 Å². The molecule has 0 radical (unpaired) electrons. The van der Waals surface area contributed by atoms with Gasteiger partial charge in [-0.2, -0.15) is 0 Å². The van der Waals surface area contributed by atoms with E-state index in [0.29, 0.717) is 6.42 Å². The number of hydrogen-bond acceptors (Lipinski definition) is 4. The lowest BCUT2D eigenvalue weighted by Gasteiger charge is -2.24. The lowest BCUT2D eigenvalue weighted by atomic mass is 10.2. The molecule has 4 nitrogen and oxygen atoms in total. The number of alkyl halides is 3. The molecule has 0 aromatic carbocycles. The van der Waals surface area contributed by atoms with Crippen LogP contribution in [0.25, 0.3) is 0 Å². The Morgan fingerprint density at radius 2 is 1.89 bits per heavy atom. The number of rotatable bonds is 6. The van der Waals surface area contributed by atoms with E-state index in [0.717, 1.165) is 13.3 Å². The molecule has 0 bridgehead atoms. The average Bonchev–Trinajstić information content (AvgIpc) is 2.23. The highest BCUT2D eigenvalue weighted by atomic mass is 35.6. The Labute approximate surface area is 121 Å². The Hall–Kier alpha value is -0.450. The van der Waals surface area contributed by atoms with Gasteiger partial charge in [0.05, 0.1) is 12.2 Å². The quantitative estimate of drug-likeness (QED) is 0.327. The number of hydrogen-bond donors (Lipinski definition) is 0. The van der Waals surface area contributed by atoms with Crippen molar-refractivity contribution in [1.29, 1.82) is 0 Å². The number of unbranched alkanes of at least 4 members (excludes halogenated alkanes) is 1. The third kappa shape index (κ3) is 6.47. The zero-order valence-corrected chi connectivity index (χ0v) is 12.4. The summed E-state index contributed by atoms with van der Waals surface area (Å²) in [5, 5.41) is 0. The Morgan fingerprint density at radius 3 is 2.28 bits per heavy atom. The molecule has 0 aromatic rings. The fourth-order valence-corrected chi connectivity index (χ4v) is 1.54. The maximum atomic E-state index is 11.6. The molecular weight excluding hydrogens is 302 g/mol. The van der Waals surface area contributed by atoms with Crippen LogP contribution in [0.2, 0.25) is 0 Å². The zero-order valence-electron chi connectivity index (χ0n) is 10.2. The van der Waals surface area contributed by atoms with Gasteiger partial charge < -0.3 is 9.47 Å². The second kappa shape index (κ2) is 7.87. The molecule has 18 heavy (non-hydrogen) atoms. The lowest BCUT2D eigenvalue weighted by molar-refractivity contribution is -0.147. The van der Waals surface area contributed by atoms with Crippen LogP contribution in [-0.2, 0) is 19.1 Å². The monoisotopic (exact) mass is 316 g/mol. The average molecular weight is 318 g/mol. The molecule has 0 aliphatic rings. The van der Waals surface area contributed by atoms with Gasteiger partial charge in [-0.05, 0) is 6.42 Å². The second-order valence-corrected chi connectivity index (χ2v) is 5.91. The molecule has 0 aromatic heterocycles. The van der Waals surface area contributed by atoms with Crippen LogP contribution in [0.4, 0.5) is 0 Å². The highest BCUT2D eigenvalue weighted by molar-refractivity contribution is 6.68. The molecule has 0 rings (SSSR count). The summed E-state index contributed by atoms with van der Waals surface area (Å²) in [5.74, 6) is -1.44. The van der Waals surface area contributed by atoms with E-state index < -0.39 is 21.8 Å². The Balaban J connectivity index is 4.65. The summed E-state index contributed by atoms with van der Waals surface area (Å²) >= 11 is 16.9. The molecule has 0 aliphatic heterocycles. The minimum absolute atomic E-state index is 0.207. The summed E-state index contributed by atoms with van der Waals surface area (Å²) < 4.78 is 7.69. The topological polar surface area (TPSA) is 52.6 Å². The first kappa shape index (κ1) is 17.6. The van der Waals surface area contributed by atoms with Crippen LogP contribution in [0.15, 0.2) is 12.2 Å². The summed E-state index contributed by atoms with van der Waals surface area (Å²) in [5.41, 5.74) is -0.207. The van der Waals surface area contributed by atoms with Crippen molar-refractivity contribution in [1.82, 2.24) is 0 Å². The van der Waals surface area contributed by atoms with Crippen molar-refractivity contribution in [3.63, 3.8) is 0 Å². The molecule has 7 heteroatoms. The van der Waals surface area contributed by atoms with Crippen molar-refractivity contribution in [3.05, 3.63) is 12.2 Å². The number of halogens is 3. The number of ether oxygens (including phenoxy) is 2. The molecule has 104 valence electrons. The lowest BCUT2D eigenvalue weighted by Crippen LogP contribution is -2.35. The standard InChI is InChI=1S/C11H15Cl3O4/c1-4-5-6-17-10(16)7(2)9(11(12,13)14)18-8(3)15/h9H,2,4-6H2,1,3H3. The molecule has 0 fully saturated rings. The van der Waals surface area contributed by atoms with Crippen molar-refractivity contribution in [3.8, 4) is 0 Å². The summed E-state index contributed by atoms with van der Waals surface area (Å²) in [6, 6.07) is 0. The third-order valence-corrected chi connectivity index (χ3v) is 2.49. The number of esters is 2. The molecule has 0 aliphatic carbocycles. The summed E-state index contributed by atoms with van der Waals surface area (Å²) in [6.07, 6.45) is 0.219. The molecule has 0 saturated heterocycles. The van der Waals surface area contributed by atoms with E-state index >= 15 is 0 Å². The smallest absolute Gasteiger partial charge is 0.337 e. The highest BCUT2D eigenvalue weighted by Crippen LogP contribution is 2.36. The van der Waals surface area contributed by atoms with Gasteiger partial charge in [0, 0.05) is 6.92 Å². The Kier molecular flexibility index (Phi) is 7.67. The van der Waals surface area contributed by atoms with Gasteiger partial charge in [0.2, 0.25) is 3.79 Å². The first-order valence-electron chi connectivity index (χ1n) is 5.30. The zero-order chi connectivity index (χ0) is 14.3. The first-order chi connectivity index (χ1) is 8.20. The second-order valence-electron chi connectivity index (χ2n) is 3.55.